The molecule has 0 amide bonds. The minimum Gasteiger partial charge on any atom is -0.390 e. The molecule has 1 aliphatic rings. The van der Waals surface area contributed by atoms with Gasteiger partial charge in [0.25, 0.3) is 11.4 Å². The van der Waals surface area contributed by atoms with Crippen LogP contribution in [-0.4, -0.2) is 54.0 Å². The van der Waals surface area contributed by atoms with Crippen molar-refractivity contribution in [1.29, 1.82) is 0 Å². The lowest BCUT2D eigenvalue weighted by Gasteiger charge is -2.29. The van der Waals surface area contributed by atoms with E-state index in [0.29, 0.717) is 0 Å². The third-order valence-electron chi connectivity index (χ3n) is 4.05. The number of imidazole rings is 1. The van der Waals surface area contributed by atoms with Gasteiger partial charge in [-0.05, 0) is 12.5 Å². The van der Waals surface area contributed by atoms with Crippen molar-refractivity contribution < 1.29 is 23.7 Å². The number of ether oxygens (including phenoxy) is 1. The molecule has 0 unspecified atom stereocenters. The van der Waals surface area contributed by atoms with Gasteiger partial charge in [0.05, 0.1) is 6.33 Å². The first-order valence-electron chi connectivity index (χ1n) is 6.88. The fourth-order valence-corrected chi connectivity index (χ4v) is 2.73. The van der Waals surface area contributed by atoms with Gasteiger partial charge in [-0.1, -0.05) is 6.58 Å². The van der Waals surface area contributed by atoms with E-state index in [0.717, 1.165) is 10.9 Å². The average molecular weight is 343 g/mol. The standard InChI is InChI=1S/C13H15F2N5O4/c1-5(2)13(15)9(23)12(14,3-21)24-10(13)20-4-17-6-7(20)18-11(16)19-8(6)22/h4,9-10,21,23H,1,3H2,2H3,(H3,16,18,19,22)/t9-,10-,12-,13-/m1/s1. The molecule has 3 heterocycles. The molecule has 2 aromatic heterocycles. The van der Waals surface area contributed by atoms with Crippen LogP contribution in [0.2, 0.25) is 0 Å². The maximum Gasteiger partial charge on any atom is 0.280 e. The summed E-state index contributed by atoms with van der Waals surface area (Å²) in [4.78, 5) is 21.7. The molecule has 11 heteroatoms. The number of nitrogens with one attached hydrogen (secondary N) is 1. The van der Waals surface area contributed by atoms with Crippen molar-refractivity contribution >= 4 is 17.1 Å². The second-order valence-electron chi connectivity index (χ2n) is 5.64. The van der Waals surface area contributed by atoms with Crippen molar-refractivity contribution in [1.82, 2.24) is 19.5 Å². The number of aliphatic hydroxyl groups is 2. The summed E-state index contributed by atoms with van der Waals surface area (Å²) in [5.41, 5.74) is 1.40. The zero-order chi connectivity index (χ0) is 17.9. The van der Waals surface area contributed by atoms with Crippen LogP contribution in [0.3, 0.4) is 0 Å². The second-order valence-corrected chi connectivity index (χ2v) is 5.64. The van der Waals surface area contributed by atoms with Crippen molar-refractivity contribution in [3.63, 3.8) is 0 Å². The molecule has 4 atom stereocenters. The lowest BCUT2D eigenvalue weighted by atomic mass is 9.88. The molecule has 0 bridgehead atoms. The number of rotatable bonds is 3. The predicted octanol–water partition coefficient (Wildman–Crippen LogP) is -0.466. The highest BCUT2D eigenvalue weighted by molar-refractivity contribution is 5.70. The predicted molar refractivity (Wildman–Crippen MR) is 78.3 cm³/mol. The topological polar surface area (TPSA) is 139 Å². The number of aromatic amines is 1. The summed E-state index contributed by atoms with van der Waals surface area (Å²) < 4.78 is 35.9. The van der Waals surface area contributed by atoms with E-state index in [9.17, 15) is 14.3 Å². The van der Waals surface area contributed by atoms with Gasteiger partial charge in [0.15, 0.2) is 23.5 Å². The first-order chi connectivity index (χ1) is 11.1. The van der Waals surface area contributed by atoms with Crippen molar-refractivity contribution in [3.8, 4) is 0 Å². The molecule has 1 fully saturated rings. The van der Waals surface area contributed by atoms with Crippen molar-refractivity contribution in [2.45, 2.75) is 30.8 Å². The number of aliphatic hydroxyl groups excluding tert-OH is 2. The van der Waals surface area contributed by atoms with Gasteiger partial charge in [0.1, 0.15) is 6.61 Å². The number of hydrogen-bond acceptors (Lipinski definition) is 7. The molecule has 0 aliphatic carbocycles. The van der Waals surface area contributed by atoms with Crippen LogP contribution in [-0.2, 0) is 4.74 Å². The van der Waals surface area contributed by atoms with E-state index in [1.54, 1.807) is 0 Å². The van der Waals surface area contributed by atoms with Gasteiger partial charge < -0.3 is 20.7 Å². The van der Waals surface area contributed by atoms with Gasteiger partial charge in [-0.15, -0.1) is 0 Å². The van der Waals surface area contributed by atoms with Crippen LogP contribution in [0.1, 0.15) is 13.2 Å². The molecule has 0 saturated carbocycles. The quantitative estimate of drug-likeness (QED) is 0.553. The molecule has 1 saturated heterocycles. The number of alkyl halides is 2. The number of H-pyrrole nitrogens is 1. The fourth-order valence-electron chi connectivity index (χ4n) is 2.73. The van der Waals surface area contributed by atoms with Crippen LogP contribution >= 0.6 is 0 Å². The van der Waals surface area contributed by atoms with Gasteiger partial charge in [0.2, 0.25) is 11.6 Å². The minimum absolute atomic E-state index is 0.168. The fraction of sp³-hybridized carbons (Fsp3) is 0.462. The Bertz CT molecular complexity index is 883. The van der Waals surface area contributed by atoms with Gasteiger partial charge >= 0.3 is 0 Å². The molecule has 3 rings (SSSR count). The van der Waals surface area contributed by atoms with E-state index in [-0.39, 0.29) is 22.7 Å². The Hall–Kier alpha value is -2.37. The minimum atomic E-state index is -3.07. The molecule has 0 radical (unpaired) electrons. The number of halogens is 2. The highest BCUT2D eigenvalue weighted by atomic mass is 19.2. The van der Waals surface area contributed by atoms with Gasteiger partial charge in [-0.25, -0.2) is 13.8 Å². The SMILES string of the molecule is C=C(C)[C@]1(F)[C@H](n2cnc3c(=O)[nH]c(N)nc32)O[C@](F)(CO)[C@H]1O. The molecule has 0 spiro atoms. The summed E-state index contributed by atoms with van der Waals surface area (Å²) in [5.74, 6) is -3.33. The molecule has 2 aromatic rings. The number of nitrogens with two attached hydrogens (primary N) is 1. The summed E-state index contributed by atoms with van der Waals surface area (Å²) in [6.07, 6.45) is -3.15. The first kappa shape index (κ1) is 16.5. The molecule has 5 N–H and O–H groups in total. The summed E-state index contributed by atoms with van der Waals surface area (Å²) in [6.45, 7) is 3.37. The van der Waals surface area contributed by atoms with E-state index >= 15 is 4.39 Å². The number of aromatic nitrogens is 4. The molecule has 9 nitrogen and oxygen atoms in total. The third-order valence-corrected chi connectivity index (χ3v) is 4.05. The van der Waals surface area contributed by atoms with E-state index in [4.69, 9.17) is 15.6 Å². The molecule has 24 heavy (non-hydrogen) atoms. The number of fused-ring (bicyclic) bond motifs is 1. The summed E-state index contributed by atoms with van der Waals surface area (Å²) in [7, 11) is 0. The van der Waals surface area contributed by atoms with Gasteiger partial charge in [-0.3, -0.25) is 14.3 Å². The van der Waals surface area contributed by atoms with Crippen LogP contribution < -0.4 is 11.3 Å². The Morgan fingerprint density at radius 1 is 1.62 bits per heavy atom. The second kappa shape index (κ2) is 5.06. The maximum atomic E-state index is 15.4. The Labute approximate surface area is 133 Å². The van der Waals surface area contributed by atoms with Crippen molar-refractivity contribution in [2.75, 3.05) is 12.3 Å². The van der Waals surface area contributed by atoms with E-state index in [1.165, 1.54) is 6.92 Å². The van der Waals surface area contributed by atoms with Crippen LogP contribution in [0.25, 0.3) is 11.2 Å². The van der Waals surface area contributed by atoms with Crippen molar-refractivity contribution in [3.05, 3.63) is 28.8 Å². The summed E-state index contributed by atoms with van der Waals surface area (Å²) in [6, 6.07) is 0. The van der Waals surface area contributed by atoms with Crippen LogP contribution in [0.15, 0.2) is 23.3 Å². The first-order valence-corrected chi connectivity index (χ1v) is 6.88. The highest BCUT2D eigenvalue weighted by Crippen LogP contribution is 2.51. The molecule has 0 aromatic carbocycles. The molecular weight excluding hydrogens is 328 g/mol. The molecule has 1 aliphatic heterocycles. The highest BCUT2D eigenvalue weighted by Gasteiger charge is 2.67. The smallest absolute Gasteiger partial charge is 0.280 e. The normalized spacial score (nSPS) is 33.2. The Morgan fingerprint density at radius 2 is 2.29 bits per heavy atom. The van der Waals surface area contributed by atoms with Gasteiger partial charge in [0, 0.05) is 0 Å². The largest absolute Gasteiger partial charge is 0.390 e. The molecular formula is C13H15F2N5O4. The number of nitrogen functional groups attached to an aromatic ring is 1. The van der Waals surface area contributed by atoms with Gasteiger partial charge in [-0.2, -0.15) is 4.98 Å². The number of anilines is 1. The van der Waals surface area contributed by atoms with E-state index < -0.39 is 36.0 Å². The van der Waals surface area contributed by atoms with E-state index in [1.807, 2.05) is 0 Å². The third kappa shape index (κ3) is 1.98. The zero-order valence-corrected chi connectivity index (χ0v) is 12.5. The lowest BCUT2D eigenvalue weighted by molar-refractivity contribution is -0.206. The van der Waals surface area contributed by atoms with Crippen LogP contribution in [0.5, 0.6) is 0 Å². The maximum absolute atomic E-state index is 15.4. The summed E-state index contributed by atoms with van der Waals surface area (Å²) in [5, 5.41) is 19.2. The average Bonchev–Trinajstić information content (AvgIpc) is 3.01. The van der Waals surface area contributed by atoms with Crippen LogP contribution in [0, 0.1) is 0 Å². The molecule has 130 valence electrons. The number of nitrogens with zero attached hydrogens (tertiary/aromatic N) is 3. The van der Waals surface area contributed by atoms with Crippen molar-refractivity contribution in [2.24, 2.45) is 0 Å². The Balaban J connectivity index is 2.25. The van der Waals surface area contributed by atoms with E-state index in [2.05, 4.69) is 21.5 Å². The monoisotopic (exact) mass is 343 g/mol. The Kier molecular flexibility index (Phi) is 3.48. The zero-order valence-electron chi connectivity index (χ0n) is 12.5. The number of hydrogen-bond donors (Lipinski definition) is 4. The lowest BCUT2D eigenvalue weighted by Crippen LogP contribution is -2.48. The Morgan fingerprint density at radius 3 is 2.88 bits per heavy atom. The summed E-state index contributed by atoms with van der Waals surface area (Å²) >= 11 is 0. The van der Waals surface area contributed by atoms with Crippen LogP contribution in [0.4, 0.5) is 14.7 Å².